The van der Waals surface area contributed by atoms with Crippen LogP contribution in [0.3, 0.4) is 0 Å². The third-order valence-electron chi connectivity index (χ3n) is 4.59. The molecule has 0 radical (unpaired) electrons. The van der Waals surface area contributed by atoms with E-state index in [2.05, 4.69) is 5.32 Å². The molecule has 7 nitrogen and oxygen atoms in total. The molecule has 1 aliphatic rings. The monoisotopic (exact) mass is 391 g/mol. The summed E-state index contributed by atoms with van der Waals surface area (Å²) in [5.74, 6) is -2.71. The normalized spacial score (nSPS) is 14.1. The van der Waals surface area contributed by atoms with Gasteiger partial charge in [0.15, 0.2) is 11.6 Å². The maximum absolute atomic E-state index is 13.3. The summed E-state index contributed by atoms with van der Waals surface area (Å²) in [7, 11) is 0. The zero-order valence-electron chi connectivity index (χ0n) is 15.2. The first-order chi connectivity index (χ1) is 13.4. The number of nitrogens with zero attached hydrogens (tertiary/aromatic N) is 2. The molecule has 2 heterocycles. The Bertz CT molecular complexity index is 904. The molecule has 0 unspecified atom stereocenters. The van der Waals surface area contributed by atoms with E-state index in [1.807, 2.05) is 0 Å². The van der Waals surface area contributed by atoms with Crippen LogP contribution in [0.5, 0.6) is 0 Å². The van der Waals surface area contributed by atoms with Gasteiger partial charge in [-0.1, -0.05) is 0 Å². The van der Waals surface area contributed by atoms with E-state index >= 15 is 0 Å². The molecule has 0 atom stereocenters. The van der Waals surface area contributed by atoms with Gasteiger partial charge in [0.25, 0.3) is 11.8 Å². The van der Waals surface area contributed by atoms with Crippen molar-refractivity contribution in [1.29, 1.82) is 0 Å². The van der Waals surface area contributed by atoms with Crippen molar-refractivity contribution >= 4 is 17.7 Å². The molecule has 28 heavy (non-hydrogen) atoms. The minimum absolute atomic E-state index is 0.0569. The fourth-order valence-electron chi connectivity index (χ4n) is 2.95. The highest BCUT2D eigenvalue weighted by molar-refractivity contribution is 5.97. The minimum Gasteiger partial charge on any atom is -0.469 e. The molecule has 1 N–H and O–H groups in total. The van der Waals surface area contributed by atoms with Gasteiger partial charge in [0.05, 0.1) is 18.4 Å². The van der Waals surface area contributed by atoms with Crippen molar-refractivity contribution in [3.63, 3.8) is 0 Å². The van der Waals surface area contributed by atoms with Gasteiger partial charge in [0.1, 0.15) is 5.76 Å². The Labute approximate surface area is 159 Å². The Kier molecular flexibility index (Phi) is 5.72. The highest BCUT2D eigenvalue weighted by atomic mass is 19.2. The number of halogens is 2. The van der Waals surface area contributed by atoms with Crippen molar-refractivity contribution in [1.82, 2.24) is 15.1 Å². The van der Waals surface area contributed by atoms with Gasteiger partial charge >= 0.3 is 0 Å². The molecule has 0 aliphatic carbocycles. The zero-order chi connectivity index (χ0) is 20.3. The third-order valence-corrected chi connectivity index (χ3v) is 4.59. The largest absolute Gasteiger partial charge is 0.469 e. The molecule has 1 aliphatic heterocycles. The fraction of sp³-hybridized carbons (Fsp3) is 0.316. The number of piperazine rings is 1. The van der Waals surface area contributed by atoms with Gasteiger partial charge < -0.3 is 19.5 Å². The number of carbonyl (C=O) groups excluding carboxylic acids is 3. The minimum atomic E-state index is -1.08. The molecule has 1 saturated heterocycles. The molecule has 3 rings (SSSR count). The second kappa shape index (κ2) is 8.20. The summed E-state index contributed by atoms with van der Waals surface area (Å²) < 4.78 is 31.4. The molecule has 1 fully saturated rings. The smallest absolute Gasteiger partial charge is 0.255 e. The van der Waals surface area contributed by atoms with Crippen LogP contribution in [0.25, 0.3) is 0 Å². The lowest BCUT2D eigenvalue weighted by Crippen LogP contribution is -2.52. The maximum Gasteiger partial charge on any atom is 0.255 e. The standard InChI is InChI=1S/C19H19F2N3O4/c1-12-14(4-9-28-12)18(26)22-11-17(25)23-5-7-24(8-6-23)19(27)13-2-3-15(20)16(21)10-13/h2-4,9-10H,5-8,11H2,1H3,(H,22,26). The van der Waals surface area contributed by atoms with Crippen LogP contribution in [0.15, 0.2) is 34.9 Å². The number of aryl methyl sites for hydroxylation is 1. The van der Waals surface area contributed by atoms with Crippen LogP contribution in [-0.2, 0) is 4.79 Å². The molecule has 0 saturated carbocycles. The van der Waals surface area contributed by atoms with Crippen molar-refractivity contribution in [2.24, 2.45) is 0 Å². The molecule has 0 bridgehead atoms. The fourth-order valence-corrected chi connectivity index (χ4v) is 2.95. The van der Waals surface area contributed by atoms with Gasteiger partial charge in [-0.2, -0.15) is 0 Å². The van der Waals surface area contributed by atoms with Crippen LogP contribution in [0, 0.1) is 18.6 Å². The second-order valence-electron chi connectivity index (χ2n) is 6.38. The van der Waals surface area contributed by atoms with Gasteiger partial charge in [-0.15, -0.1) is 0 Å². The number of rotatable bonds is 4. The van der Waals surface area contributed by atoms with Crippen LogP contribution in [0.2, 0.25) is 0 Å². The molecule has 148 valence electrons. The molecule has 1 aromatic carbocycles. The third kappa shape index (κ3) is 4.19. The number of nitrogens with one attached hydrogen (secondary N) is 1. The van der Waals surface area contributed by atoms with E-state index in [0.29, 0.717) is 11.3 Å². The molecular formula is C19H19F2N3O4. The van der Waals surface area contributed by atoms with Gasteiger partial charge in [0, 0.05) is 31.7 Å². The average Bonchev–Trinajstić information content (AvgIpc) is 3.13. The summed E-state index contributed by atoms with van der Waals surface area (Å²) >= 11 is 0. The van der Waals surface area contributed by atoms with Crippen LogP contribution in [-0.4, -0.2) is 60.2 Å². The molecule has 3 amide bonds. The van der Waals surface area contributed by atoms with E-state index < -0.39 is 23.4 Å². The topological polar surface area (TPSA) is 82.9 Å². The van der Waals surface area contributed by atoms with Crippen molar-refractivity contribution in [3.8, 4) is 0 Å². The van der Waals surface area contributed by atoms with Gasteiger partial charge in [-0.25, -0.2) is 8.78 Å². The summed E-state index contributed by atoms with van der Waals surface area (Å²) in [6.07, 6.45) is 1.40. The Morgan fingerprint density at radius 3 is 2.32 bits per heavy atom. The first-order valence-corrected chi connectivity index (χ1v) is 8.71. The number of benzene rings is 1. The average molecular weight is 391 g/mol. The van der Waals surface area contributed by atoms with E-state index in [9.17, 15) is 23.2 Å². The Hall–Kier alpha value is -3.23. The number of hydrogen-bond acceptors (Lipinski definition) is 4. The maximum atomic E-state index is 13.3. The second-order valence-corrected chi connectivity index (χ2v) is 6.38. The molecule has 1 aromatic heterocycles. The predicted octanol–water partition coefficient (Wildman–Crippen LogP) is 1.58. The quantitative estimate of drug-likeness (QED) is 0.858. The first kappa shape index (κ1) is 19.5. The van der Waals surface area contributed by atoms with Gasteiger partial charge in [-0.05, 0) is 31.2 Å². The highest BCUT2D eigenvalue weighted by Crippen LogP contribution is 2.13. The van der Waals surface area contributed by atoms with Crippen LogP contribution >= 0.6 is 0 Å². The zero-order valence-corrected chi connectivity index (χ0v) is 15.2. The number of carbonyl (C=O) groups is 3. The molecule has 0 spiro atoms. The van der Waals surface area contributed by atoms with Crippen molar-refractivity contribution in [2.75, 3.05) is 32.7 Å². The van der Waals surface area contributed by atoms with Crippen molar-refractivity contribution < 1.29 is 27.6 Å². The first-order valence-electron chi connectivity index (χ1n) is 8.71. The highest BCUT2D eigenvalue weighted by Gasteiger charge is 2.25. The summed E-state index contributed by atoms with van der Waals surface area (Å²) in [6, 6.07) is 4.53. The summed E-state index contributed by atoms with van der Waals surface area (Å²) in [5, 5.41) is 2.55. The van der Waals surface area contributed by atoms with E-state index in [4.69, 9.17) is 4.42 Å². The van der Waals surface area contributed by atoms with Gasteiger partial charge in [0.2, 0.25) is 5.91 Å². The van der Waals surface area contributed by atoms with Gasteiger partial charge in [-0.3, -0.25) is 14.4 Å². The predicted molar refractivity (Wildman–Crippen MR) is 94.6 cm³/mol. The molecular weight excluding hydrogens is 372 g/mol. The van der Waals surface area contributed by atoms with E-state index in [1.54, 1.807) is 6.92 Å². The van der Waals surface area contributed by atoms with E-state index in [0.717, 1.165) is 12.1 Å². The Morgan fingerprint density at radius 1 is 1.04 bits per heavy atom. The van der Waals surface area contributed by atoms with Crippen LogP contribution in [0.1, 0.15) is 26.5 Å². The number of hydrogen-bond donors (Lipinski definition) is 1. The number of amides is 3. The summed E-state index contributed by atoms with van der Waals surface area (Å²) in [4.78, 5) is 39.7. The lowest BCUT2D eigenvalue weighted by atomic mass is 10.1. The summed E-state index contributed by atoms with van der Waals surface area (Å²) in [6.45, 7) is 2.58. The van der Waals surface area contributed by atoms with Crippen molar-refractivity contribution in [2.45, 2.75) is 6.92 Å². The number of furan rings is 1. The van der Waals surface area contributed by atoms with E-state index in [-0.39, 0.29) is 44.2 Å². The molecule has 9 heteroatoms. The van der Waals surface area contributed by atoms with Crippen LogP contribution in [0.4, 0.5) is 8.78 Å². The Morgan fingerprint density at radius 2 is 1.71 bits per heavy atom. The van der Waals surface area contributed by atoms with Crippen molar-refractivity contribution in [3.05, 3.63) is 59.1 Å². The van der Waals surface area contributed by atoms with Crippen LogP contribution < -0.4 is 5.32 Å². The SMILES string of the molecule is Cc1occc1C(=O)NCC(=O)N1CCN(C(=O)c2ccc(F)c(F)c2)CC1. The lowest BCUT2D eigenvalue weighted by Gasteiger charge is -2.34. The summed E-state index contributed by atoms with van der Waals surface area (Å²) in [5.41, 5.74) is 0.427. The van der Waals surface area contributed by atoms with E-state index in [1.165, 1.54) is 28.2 Å². The Balaban J connectivity index is 1.49. The molecule has 2 aromatic rings. The lowest BCUT2D eigenvalue weighted by molar-refractivity contribution is -0.131.